The van der Waals surface area contributed by atoms with E-state index in [0.717, 1.165) is 18.4 Å². The molecular weight excluding hydrogens is 438 g/mol. The van der Waals surface area contributed by atoms with Gasteiger partial charge in [0.1, 0.15) is 0 Å². The van der Waals surface area contributed by atoms with E-state index < -0.39 is 0 Å². The molecule has 0 saturated heterocycles. The third-order valence-electron chi connectivity index (χ3n) is 9.07. The van der Waals surface area contributed by atoms with Crippen LogP contribution in [-0.2, 0) is 4.79 Å². The van der Waals surface area contributed by atoms with Crippen molar-refractivity contribution in [3.63, 3.8) is 0 Å². The van der Waals surface area contributed by atoms with Gasteiger partial charge in [0.25, 0.3) is 0 Å². The molecule has 2 fully saturated rings. The largest absolute Gasteiger partial charge is 0.352 e. The molecule has 0 aromatic heterocycles. The van der Waals surface area contributed by atoms with Gasteiger partial charge < -0.3 is 5.32 Å². The van der Waals surface area contributed by atoms with Crippen molar-refractivity contribution in [1.82, 2.24) is 5.32 Å². The van der Waals surface area contributed by atoms with Crippen molar-refractivity contribution in [3.05, 3.63) is 71.8 Å². The number of unbranched alkanes of at least 4 members (excludes halogenated alkanes) is 2. The zero-order valence-electron chi connectivity index (χ0n) is 22.7. The molecule has 0 atom stereocenters. The fraction of sp³-hybridized carbons (Fsp3) is 0.559. The molecule has 194 valence electrons. The monoisotopic (exact) mass is 485 g/mol. The second-order valence-corrected chi connectivity index (χ2v) is 11.6. The number of rotatable bonds is 10. The van der Waals surface area contributed by atoms with Crippen LogP contribution in [0.2, 0.25) is 0 Å². The summed E-state index contributed by atoms with van der Waals surface area (Å²) in [6.07, 6.45) is 17.3. The molecule has 36 heavy (non-hydrogen) atoms. The molecule has 0 spiro atoms. The van der Waals surface area contributed by atoms with Gasteiger partial charge in [-0.2, -0.15) is 0 Å². The number of hydrogen-bond donors (Lipinski definition) is 1. The van der Waals surface area contributed by atoms with Crippen molar-refractivity contribution >= 4 is 5.91 Å². The lowest BCUT2D eigenvalue weighted by Gasteiger charge is -2.29. The average Bonchev–Trinajstić information content (AvgIpc) is 2.92. The molecule has 2 heteroatoms. The molecule has 0 unspecified atom stereocenters. The van der Waals surface area contributed by atoms with Gasteiger partial charge >= 0.3 is 0 Å². The minimum absolute atomic E-state index is 0.0541. The molecule has 2 aromatic rings. The van der Waals surface area contributed by atoms with Gasteiger partial charge in [-0.3, -0.25) is 4.79 Å². The SMILES string of the molecule is C=CC(=O)NCC1CCC(c2ccc(-c3ccc(C4CCC(CCCCC)CC4)cc3)c(C)c2)CC1. The highest BCUT2D eigenvalue weighted by atomic mass is 16.1. The third-order valence-corrected chi connectivity index (χ3v) is 9.07. The Morgan fingerprint density at radius 1 is 0.861 bits per heavy atom. The highest BCUT2D eigenvalue weighted by Crippen LogP contribution is 2.40. The standard InChI is InChI=1S/C34H47NO/c1-4-6-7-8-26-9-13-28(14-10-26)29-17-19-31(20-18-29)33-22-21-32(23-25(33)3)30-15-11-27(12-16-30)24-35-34(36)5-2/h5,17-23,26-28,30H,2,4,6-16,24H2,1,3H3,(H,35,36). The van der Waals surface area contributed by atoms with E-state index in [1.165, 1.54) is 105 Å². The van der Waals surface area contributed by atoms with Crippen molar-refractivity contribution in [2.24, 2.45) is 11.8 Å². The molecule has 1 N–H and O–H groups in total. The number of carbonyl (C=O) groups is 1. The Morgan fingerprint density at radius 2 is 1.47 bits per heavy atom. The lowest BCUT2D eigenvalue weighted by atomic mass is 9.76. The molecular formula is C34H47NO. The number of hydrogen-bond acceptors (Lipinski definition) is 1. The summed E-state index contributed by atoms with van der Waals surface area (Å²) in [5, 5.41) is 2.97. The van der Waals surface area contributed by atoms with Crippen molar-refractivity contribution in [1.29, 1.82) is 0 Å². The van der Waals surface area contributed by atoms with Crippen LogP contribution in [0.15, 0.2) is 55.1 Å². The Bertz CT molecular complexity index is 975. The summed E-state index contributed by atoms with van der Waals surface area (Å²) in [6.45, 7) is 8.89. The smallest absolute Gasteiger partial charge is 0.243 e. The first-order chi connectivity index (χ1) is 17.6. The van der Waals surface area contributed by atoms with E-state index in [0.29, 0.717) is 11.8 Å². The second-order valence-electron chi connectivity index (χ2n) is 11.6. The van der Waals surface area contributed by atoms with Crippen LogP contribution >= 0.6 is 0 Å². The Balaban J connectivity index is 1.30. The molecule has 4 rings (SSSR count). The summed E-state index contributed by atoms with van der Waals surface area (Å²) < 4.78 is 0. The Morgan fingerprint density at radius 3 is 2.08 bits per heavy atom. The number of nitrogens with one attached hydrogen (secondary N) is 1. The summed E-state index contributed by atoms with van der Waals surface area (Å²) in [5.74, 6) is 2.91. The number of aryl methyl sites for hydroxylation is 1. The van der Waals surface area contributed by atoms with Crippen LogP contribution in [-0.4, -0.2) is 12.5 Å². The van der Waals surface area contributed by atoms with Gasteiger partial charge in [0.2, 0.25) is 5.91 Å². The Hall–Kier alpha value is -2.35. The molecule has 2 nitrogen and oxygen atoms in total. The minimum atomic E-state index is -0.0541. The van der Waals surface area contributed by atoms with Crippen molar-refractivity contribution in [3.8, 4) is 11.1 Å². The van der Waals surface area contributed by atoms with Crippen LogP contribution < -0.4 is 5.32 Å². The van der Waals surface area contributed by atoms with E-state index >= 15 is 0 Å². The van der Waals surface area contributed by atoms with Gasteiger partial charge in [-0.1, -0.05) is 81.7 Å². The van der Waals surface area contributed by atoms with E-state index in [1.807, 2.05) is 0 Å². The summed E-state index contributed by atoms with van der Waals surface area (Å²) in [5.41, 5.74) is 7.12. The lowest BCUT2D eigenvalue weighted by molar-refractivity contribution is -0.116. The summed E-state index contributed by atoms with van der Waals surface area (Å²) in [4.78, 5) is 11.4. The molecule has 0 radical (unpaired) electrons. The second kappa shape index (κ2) is 13.3. The summed E-state index contributed by atoms with van der Waals surface area (Å²) in [6, 6.07) is 16.6. The third kappa shape index (κ3) is 7.11. The normalized spacial score (nSPS) is 24.3. The van der Waals surface area contributed by atoms with Crippen LogP contribution in [0.25, 0.3) is 11.1 Å². The minimum Gasteiger partial charge on any atom is -0.352 e. The van der Waals surface area contributed by atoms with Crippen molar-refractivity contribution in [2.45, 2.75) is 103 Å². The lowest BCUT2D eigenvalue weighted by Crippen LogP contribution is -2.29. The summed E-state index contributed by atoms with van der Waals surface area (Å²) in [7, 11) is 0. The van der Waals surface area contributed by atoms with Crippen LogP contribution in [0.3, 0.4) is 0 Å². The number of benzene rings is 2. The molecule has 0 heterocycles. The Kier molecular flexibility index (Phi) is 9.84. The maximum absolute atomic E-state index is 11.4. The first-order valence-corrected chi connectivity index (χ1v) is 14.7. The molecule has 2 saturated carbocycles. The fourth-order valence-corrected chi connectivity index (χ4v) is 6.68. The number of carbonyl (C=O) groups excluding carboxylic acids is 1. The van der Waals surface area contributed by atoms with Gasteiger partial charge in [0.05, 0.1) is 0 Å². The predicted molar refractivity (Wildman–Crippen MR) is 153 cm³/mol. The van der Waals surface area contributed by atoms with E-state index in [2.05, 4.69) is 68.2 Å². The zero-order valence-corrected chi connectivity index (χ0v) is 22.7. The molecule has 2 aromatic carbocycles. The van der Waals surface area contributed by atoms with E-state index in [1.54, 1.807) is 5.56 Å². The van der Waals surface area contributed by atoms with E-state index in [4.69, 9.17) is 0 Å². The van der Waals surface area contributed by atoms with Crippen molar-refractivity contribution in [2.75, 3.05) is 6.54 Å². The Labute approximate surface area is 220 Å². The van der Waals surface area contributed by atoms with Gasteiger partial charge in [0, 0.05) is 6.54 Å². The maximum Gasteiger partial charge on any atom is 0.243 e. The molecule has 2 aliphatic carbocycles. The highest BCUT2D eigenvalue weighted by Gasteiger charge is 2.24. The molecule has 2 aliphatic rings. The zero-order chi connectivity index (χ0) is 25.3. The van der Waals surface area contributed by atoms with E-state index in [9.17, 15) is 4.79 Å². The first kappa shape index (κ1) is 26.7. The predicted octanol–water partition coefficient (Wildman–Crippen LogP) is 9.09. The van der Waals surface area contributed by atoms with Crippen LogP contribution in [0.1, 0.15) is 112 Å². The van der Waals surface area contributed by atoms with Crippen LogP contribution in [0, 0.1) is 18.8 Å². The van der Waals surface area contributed by atoms with Crippen molar-refractivity contribution < 1.29 is 4.79 Å². The quantitative estimate of drug-likeness (QED) is 0.264. The van der Waals surface area contributed by atoms with Gasteiger partial charge in [-0.15, -0.1) is 0 Å². The topological polar surface area (TPSA) is 29.1 Å². The maximum atomic E-state index is 11.4. The summed E-state index contributed by atoms with van der Waals surface area (Å²) >= 11 is 0. The van der Waals surface area contributed by atoms with Gasteiger partial charge in [0.15, 0.2) is 0 Å². The average molecular weight is 486 g/mol. The molecule has 0 bridgehead atoms. The molecule has 0 aliphatic heterocycles. The highest BCUT2D eigenvalue weighted by molar-refractivity contribution is 5.86. The van der Waals surface area contributed by atoms with Gasteiger partial charge in [-0.25, -0.2) is 0 Å². The van der Waals surface area contributed by atoms with E-state index in [-0.39, 0.29) is 5.91 Å². The fourth-order valence-electron chi connectivity index (χ4n) is 6.68. The first-order valence-electron chi connectivity index (χ1n) is 14.7. The van der Waals surface area contributed by atoms with Gasteiger partial charge in [-0.05, 0) is 116 Å². The number of amides is 1. The van der Waals surface area contributed by atoms with Crippen LogP contribution in [0.5, 0.6) is 0 Å². The molecule has 1 amide bonds. The van der Waals surface area contributed by atoms with Crippen LogP contribution in [0.4, 0.5) is 0 Å².